The summed E-state index contributed by atoms with van der Waals surface area (Å²) in [6.45, 7) is 3.77. The van der Waals surface area contributed by atoms with Crippen molar-refractivity contribution < 1.29 is 17.6 Å². The van der Waals surface area contributed by atoms with Crippen molar-refractivity contribution in [2.75, 3.05) is 22.9 Å². The fraction of sp³-hybridized carbons (Fsp3) is 0.462. The Hall–Kier alpha value is -1.63. The molecule has 1 aromatic rings. The van der Waals surface area contributed by atoms with Crippen LogP contribution in [0.25, 0.3) is 0 Å². The van der Waals surface area contributed by atoms with Crippen LogP contribution in [0.1, 0.15) is 20.3 Å². The lowest BCUT2D eigenvalue weighted by Gasteiger charge is -2.20. The Kier molecular flexibility index (Phi) is 5.10. The second kappa shape index (κ2) is 6.21. The zero-order valence-corrected chi connectivity index (χ0v) is 12.8. The van der Waals surface area contributed by atoms with Crippen molar-refractivity contribution in [3.8, 4) is 0 Å². The highest BCUT2D eigenvalue weighted by atomic mass is 32.2. The molecule has 112 valence electrons. The third-order valence-electron chi connectivity index (χ3n) is 2.66. The molecule has 0 saturated heterocycles. The van der Waals surface area contributed by atoms with E-state index >= 15 is 0 Å². The number of rotatable bonds is 5. The fourth-order valence-electron chi connectivity index (χ4n) is 1.63. The van der Waals surface area contributed by atoms with Crippen molar-refractivity contribution in [3.63, 3.8) is 0 Å². The standard InChI is InChI=1S/C13H19FN2O3S/c1-9(2)7-13(17)15-11-8-10(14)5-6-12(11)16(3)20(4,18)19/h5-6,8-9H,7H2,1-4H3,(H,15,17). The number of hydrogen-bond donors (Lipinski definition) is 1. The van der Waals surface area contributed by atoms with E-state index in [4.69, 9.17) is 0 Å². The van der Waals surface area contributed by atoms with Gasteiger partial charge in [0.25, 0.3) is 0 Å². The first-order valence-electron chi connectivity index (χ1n) is 6.14. The van der Waals surface area contributed by atoms with Crippen molar-refractivity contribution in [1.29, 1.82) is 0 Å². The van der Waals surface area contributed by atoms with Gasteiger partial charge in [0.2, 0.25) is 15.9 Å². The van der Waals surface area contributed by atoms with Crippen molar-refractivity contribution >= 4 is 27.3 Å². The van der Waals surface area contributed by atoms with E-state index < -0.39 is 15.8 Å². The van der Waals surface area contributed by atoms with Crippen molar-refractivity contribution in [1.82, 2.24) is 0 Å². The van der Waals surface area contributed by atoms with Gasteiger partial charge in [-0.25, -0.2) is 12.8 Å². The predicted molar refractivity (Wildman–Crippen MR) is 77.7 cm³/mol. The van der Waals surface area contributed by atoms with Crippen LogP contribution in [0.4, 0.5) is 15.8 Å². The molecule has 0 heterocycles. The molecule has 7 heteroatoms. The van der Waals surface area contributed by atoms with E-state index in [1.54, 1.807) is 0 Å². The number of anilines is 2. The highest BCUT2D eigenvalue weighted by molar-refractivity contribution is 7.92. The zero-order valence-electron chi connectivity index (χ0n) is 12.0. The van der Waals surface area contributed by atoms with Gasteiger partial charge >= 0.3 is 0 Å². The maximum Gasteiger partial charge on any atom is 0.232 e. The lowest BCUT2D eigenvalue weighted by Crippen LogP contribution is -2.26. The third kappa shape index (κ3) is 4.48. The molecule has 0 unspecified atom stereocenters. The Labute approximate surface area is 118 Å². The van der Waals surface area contributed by atoms with Crippen LogP contribution in [0.5, 0.6) is 0 Å². The minimum Gasteiger partial charge on any atom is -0.324 e. The van der Waals surface area contributed by atoms with Gasteiger partial charge in [-0.15, -0.1) is 0 Å². The SMILES string of the molecule is CC(C)CC(=O)Nc1cc(F)ccc1N(C)S(C)(=O)=O. The van der Waals surface area contributed by atoms with Gasteiger partial charge in [0, 0.05) is 13.5 Å². The first-order valence-corrected chi connectivity index (χ1v) is 7.99. The van der Waals surface area contributed by atoms with E-state index in [-0.39, 0.29) is 29.6 Å². The lowest BCUT2D eigenvalue weighted by atomic mass is 10.1. The summed E-state index contributed by atoms with van der Waals surface area (Å²) in [4.78, 5) is 11.8. The molecule has 0 aliphatic heterocycles. The summed E-state index contributed by atoms with van der Waals surface area (Å²) in [7, 11) is -2.14. The Morgan fingerprint density at radius 3 is 2.50 bits per heavy atom. The van der Waals surface area contributed by atoms with Crippen LogP contribution < -0.4 is 9.62 Å². The van der Waals surface area contributed by atoms with Crippen molar-refractivity contribution in [2.45, 2.75) is 20.3 Å². The first kappa shape index (κ1) is 16.4. The minimum absolute atomic E-state index is 0.142. The van der Waals surface area contributed by atoms with Crippen molar-refractivity contribution in [2.24, 2.45) is 5.92 Å². The van der Waals surface area contributed by atoms with E-state index in [1.807, 2.05) is 13.8 Å². The molecule has 0 saturated carbocycles. The molecule has 0 aliphatic carbocycles. The first-order chi connectivity index (χ1) is 9.11. The molecule has 5 nitrogen and oxygen atoms in total. The second-order valence-corrected chi connectivity index (χ2v) is 7.05. The summed E-state index contributed by atoms with van der Waals surface area (Å²) in [5, 5.41) is 2.55. The van der Waals surface area contributed by atoms with E-state index in [2.05, 4.69) is 5.32 Å². The van der Waals surface area contributed by atoms with E-state index in [1.165, 1.54) is 13.1 Å². The number of amides is 1. The topological polar surface area (TPSA) is 66.5 Å². The average molecular weight is 302 g/mol. The lowest BCUT2D eigenvalue weighted by molar-refractivity contribution is -0.116. The number of nitrogens with one attached hydrogen (secondary N) is 1. The van der Waals surface area contributed by atoms with Crippen LogP contribution in [-0.2, 0) is 14.8 Å². The fourth-order valence-corrected chi connectivity index (χ4v) is 2.15. The summed E-state index contributed by atoms with van der Waals surface area (Å²) in [6, 6.07) is 3.58. The average Bonchev–Trinajstić information content (AvgIpc) is 2.25. The van der Waals surface area contributed by atoms with Gasteiger partial charge in [0.05, 0.1) is 17.6 Å². The van der Waals surface area contributed by atoms with Crippen LogP contribution in [0.3, 0.4) is 0 Å². The number of sulfonamides is 1. The molecule has 0 bridgehead atoms. The van der Waals surface area contributed by atoms with Crippen LogP contribution in [0, 0.1) is 11.7 Å². The Bertz CT molecular complexity index is 600. The Morgan fingerprint density at radius 1 is 1.40 bits per heavy atom. The maximum atomic E-state index is 13.3. The quantitative estimate of drug-likeness (QED) is 0.907. The molecular weight excluding hydrogens is 283 g/mol. The molecule has 0 aromatic heterocycles. The molecule has 1 N–H and O–H groups in total. The van der Waals surface area contributed by atoms with E-state index in [0.29, 0.717) is 0 Å². The number of carbonyl (C=O) groups is 1. The van der Waals surface area contributed by atoms with Crippen LogP contribution in [0.15, 0.2) is 18.2 Å². The highest BCUT2D eigenvalue weighted by Crippen LogP contribution is 2.28. The largest absolute Gasteiger partial charge is 0.324 e. The van der Waals surface area contributed by atoms with Gasteiger partial charge in [-0.3, -0.25) is 9.10 Å². The monoisotopic (exact) mass is 302 g/mol. The van der Waals surface area contributed by atoms with Gasteiger partial charge in [-0.05, 0) is 24.1 Å². The summed E-state index contributed by atoms with van der Waals surface area (Å²) in [5.74, 6) is -0.677. The number of nitrogens with zero attached hydrogens (tertiary/aromatic N) is 1. The summed E-state index contributed by atoms with van der Waals surface area (Å²) in [5.41, 5.74) is 0.370. The third-order valence-corrected chi connectivity index (χ3v) is 3.85. The van der Waals surface area contributed by atoms with Crippen molar-refractivity contribution in [3.05, 3.63) is 24.0 Å². The molecule has 1 amide bonds. The summed E-state index contributed by atoms with van der Waals surface area (Å²) < 4.78 is 37.4. The zero-order chi connectivity index (χ0) is 15.5. The molecule has 0 radical (unpaired) electrons. The molecule has 20 heavy (non-hydrogen) atoms. The number of carbonyl (C=O) groups excluding carboxylic acids is 1. The van der Waals surface area contributed by atoms with Crippen LogP contribution in [0.2, 0.25) is 0 Å². The second-order valence-electron chi connectivity index (χ2n) is 5.04. The highest BCUT2D eigenvalue weighted by Gasteiger charge is 2.18. The van der Waals surface area contributed by atoms with Gasteiger partial charge in [-0.1, -0.05) is 13.8 Å². The molecular formula is C13H19FN2O3S. The Balaban J connectivity index is 3.12. The molecule has 0 spiro atoms. The Morgan fingerprint density at radius 2 is 2.00 bits per heavy atom. The van der Waals surface area contributed by atoms with Crippen LogP contribution in [-0.4, -0.2) is 27.6 Å². The number of halogens is 1. The normalized spacial score (nSPS) is 11.5. The van der Waals surface area contributed by atoms with Gasteiger partial charge in [0.1, 0.15) is 5.82 Å². The minimum atomic E-state index is -3.49. The van der Waals surface area contributed by atoms with Gasteiger partial charge in [0.15, 0.2) is 0 Å². The molecule has 0 atom stereocenters. The van der Waals surface area contributed by atoms with Crippen LogP contribution >= 0.6 is 0 Å². The molecule has 0 aliphatic rings. The van der Waals surface area contributed by atoms with E-state index in [0.717, 1.165) is 22.7 Å². The van der Waals surface area contributed by atoms with Gasteiger partial charge in [-0.2, -0.15) is 0 Å². The number of benzene rings is 1. The molecule has 1 aromatic carbocycles. The molecule has 1 rings (SSSR count). The predicted octanol–water partition coefficient (Wildman–Crippen LogP) is 2.21. The summed E-state index contributed by atoms with van der Waals surface area (Å²) in [6.07, 6.45) is 1.31. The smallest absolute Gasteiger partial charge is 0.232 e. The van der Waals surface area contributed by atoms with Gasteiger partial charge < -0.3 is 5.32 Å². The molecule has 0 fully saturated rings. The van der Waals surface area contributed by atoms with E-state index in [9.17, 15) is 17.6 Å². The maximum absolute atomic E-state index is 13.3. The summed E-state index contributed by atoms with van der Waals surface area (Å²) >= 11 is 0. The number of hydrogen-bond acceptors (Lipinski definition) is 3.